The van der Waals surface area contributed by atoms with Gasteiger partial charge >= 0.3 is 5.97 Å². The second-order valence-corrected chi connectivity index (χ2v) is 6.12. The number of carboxylic acids is 1. The van der Waals surface area contributed by atoms with Crippen molar-refractivity contribution in [3.05, 3.63) is 45.0 Å². The summed E-state index contributed by atoms with van der Waals surface area (Å²) in [6, 6.07) is 6.50. The smallest absolute Gasteiger partial charge is 0.306 e. The lowest BCUT2D eigenvalue weighted by atomic mass is 10.2. The minimum Gasteiger partial charge on any atom is -0.481 e. The summed E-state index contributed by atoms with van der Waals surface area (Å²) in [5.41, 5.74) is -0.751. The predicted molar refractivity (Wildman–Crippen MR) is 92.0 cm³/mol. The van der Waals surface area contributed by atoms with Gasteiger partial charge in [0.15, 0.2) is 0 Å². The Morgan fingerprint density at radius 1 is 1.23 bits per heavy atom. The van der Waals surface area contributed by atoms with Crippen molar-refractivity contribution in [1.29, 1.82) is 0 Å². The molecule has 0 aliphatic carbocycles. The number of ether oxygens (including phenoxy) is 1. The summed E-state index contributed by atoms with van der Waals surface area (Å²) in [7, 11) is 0. The normalized spacial score (nSPS) is 17.4. The van der Waals surface area contributed by atoms with Gasteiger partial charge in [-0.2, -0.15) is 0 Å². The molecule has 1 unspecified atom stereocenters. The summed E-state index contributed by atoms with van der Waals surface area (Å²) in [5.74, 6) is -1.20. The number of rotatable bonds is 5. The van der Waals surface area contributed by atoms with Crippen LogP contribution < -0.4 is 11.1 Å². The van der Waals surface area contributed by atoms with Gasteiger partial charge in [-0.3, -0.25) is 24.3 Å². The molecule has 2 heterocycles. The fraction of sp³-hybridized carbons (Fsp3) is 0.412. The van der Waals surface area contributed by atoms with Gasteiger partial charge in [0.1, 0.15) is 0 Å². The summed E-state index contributed by atoms with van der Waals surface area (Å²) in [5, 5.41) is 11.9. The first-order valence-electron chi connectivity index (χ1n) is 8.28. The Labute approximate surface area is 147 Å². The SMILES string of the molecule is O=C(O)CC1CN(C(=O)CCn2[nH]c(=O)c3ccccc3c2=O)CCO1. The topological polar surface area (TPSA) is 122 Å². The van der Waals surface area contributed by atoms with E-state index in [1.165, 1.54) is 4.90 Å². The Balaban J connectivity index is 1.69. The average molecular weight is 361 g/mol. The summed E-state index contributed by atoms with van der Waals surface area (Å²) >= 11 is 0. The number of morpholine rings is 1. The van der Waals surface area contributed by atoms with E-state index in [0.29, 0.717) is 17.3 Å². The molecular formula is C17H19N3O6. The Kier molecular flexibility index (Phi) is 5.17. The number of carbonyl (C=O) groups is 2. The molecular weight excluding hydrogens is 342 g/mol. The Hall–Kier alpha value is -2.94. The monoisotopic (exact) mass is 361 g/mol. The zero-order valence-corrected chi connectivity index (χ0v) is 14.0. The van der Waals surface area contributed by atoms with E-state index in [1.807, 2.05) is 0 Å². The van der Waals surface area contributed by atoms with Crippen molar-refractivity contribution in [1.82, 2.24) is 14.7 Å². The van der Waals surface area contributed by atoms with Crippen LogP contribution in [0.3, 0.4) is 0 Å². The summed E-state index contributed by atoms with van der Waals surface area (Å²) in [6.45, 7) is 0.890. The van der Waals surface area contributed by atoms with Gasteiger partial charge in [0.2, 0.25) is 5.91 Å². The average Bonchev–Trinajstić information content (AvgIpc) is 2.63. The third-order valence-electron chi connectivity index (χ3n) is 4.33. The zero-order chi connectivity index (χ0) is 18.7. The van der Waals surface area contributed by atoms with E-state index in [4.69, 9.17) is 9.84 Å². The number of hydrogen-bond acceptors (Lipinski definition) is 5. The van der Waals surface area contributed by atoms with E-state index in [0.717, 1.165) is 4.68 Å². The van der Waals surface area contributed by atoms with Crippen LogP contribution in [0.25, 0.3) is 10.8 Å². The molecule has 0 bridgehead atoms. The van der Waals surface area contributed by atoms with Crippen LogP contribution in [0.5, 0.6) is 0 Å². The number of nitrogens with zero attached hydrogens (tertiary/aromatic N) is 2. The highest BCUT2D eigenvalue weighted by atomic mass is 16.5. The molecule has 26 heavy (non-hydrogen) atoms. The number of amides is 1. The predicted octanol–water partition coefficient (Wildman–Crippen LogP) is -0.218. The van der Waals surface area contributed by atoms with Gasteiger partial charge in [-0.1, -0.05) is 12.1 Å². The number of carboxylic acid groups (broad SMARTS) is 1. The van der Waals surface area contributed by atoms with E-state index in [1.54, 1.807) is 24.3 Å². The highest BCUT2D eigenvalue weighted by Gasteiger charge is 2.25. The van der Waals surface area contributed by atoms with Crippen LogP contribution in [-0.4, -0.2) is 57.5 Å². The second kappa shape index (κ2) is 7.52. The van der Waals surface area contributed by atoms with Crippen LogP contribution in [-0.2, 0) is 20.9 Å². The first-order valence-corrected chi connectivity index (χ1v) is 8.28. The molecule has 1 atom stereocenters. The lowest BCUT2D eigenvalue weighted by molar-refractivity contribution is -0.147. The lowest BCUT2D eigenvalue weighted by Crippen LogP contribution is -2.46. The minimum atomic E-state index is -0.982. The molecule has 1 fully saturated rings. The van der Waals surface area contributed by atoms with Gasteiger partial charge in [-0.25, -0.2) is 4.68 Å². The van der Waals surface area contributed by atoms with Gasteiger partial charge in [0.05, 0.1) is 36.4 Å². The van der Waals surface area contributed by atoms with E-state index in [2.05, 4.69) is 5.10 Å². The third-order valence-corrected chi connectivity index (χ3v) is 4.33. The molecule has 1 saturated heterocycles. The number of fused-ring (bicyclic) bond motifs is 1. The number of hydrogen-bond donors (Lipinski definition) is 2. The highest BCUT2D eigenvalue weighted by Crippen LogP contribution is 2.10. The van der Waals surface area contributed by atoms with Gasteiger partial charge in [-0.05, 0) is 12.1 Å². The van der Waals surface area contributed by atoms with Crippen LogP contribution in [0.2, 0.25) is 0 Å². The summed E-state index contributed by atoms with van der Waals surface area (Å²) in [6.07, 6.45) is -0.678. The molecule has 1 aliphatic rings. The van der Waals surface area contributed by atoms with E-state index in [-0.39, 0.29) is 49.6 Å². The van der Waals surface area contributed by atoms with Crippen molar-refractivity contribution in [2.75, 3.05) is 19.7 Å². The maximum atomic E-state index is 12.4. The van der Waals surface area contributed by atoms with Crippen molar-refractivity contribution in [3.63, 3.8) is 0 Å². The summed E-state index contributed by atoms with van der Waals surface area (Å²) < 4.78 is 6.47. The molecule has 138 valence electrons. The highest BCUT2D eigenvalue weighted by molar-refractivity contribution is 5.80. The van der Waals surface area contributed by atoms with E-state index < -0.39 is 12.1 Å². The van der Waals surface area contributed by atoms with Crippen molar-refractivity contribution < 1.29 is 19.4 Å². The molecule has 2 aromatic rings. The Morgan fingerprint density at radius 3 is 2.69 bits per heavy atom. The molecule has 1 aromatic carbocycles. The molecule has 1 aromatic heterocycles. The lowest BCUT2D eigenvalue weighted by Gasteiger charge is -2.32. The zero-order valence-electron chi connectivity index (χ0n) is 14.0. The van der Waals surface area contributed by atoms with Gasteiger partial charge in [0, 0.05) is 19.5 Å². The molecule has 0 spiro atoms. The molecule has 9 heteroatoms. The van der Waals surface area contributed by atoms with Crippen LogP contribution in [0.1, 0.15) is 12.8 Å². The number of aliphatic carboxylic acids is 1. The van der Waals surface area contributed by atoms with Crippen molar-refractivity contribution >= 4 is 22.6 Å². The first-order chi connectivity index (χ1) is 12.5. The number of aryl methyl sites for hydroxylation is 1. The quantitative estimate of drug-likeness (QED) is 0.759. The van der Waals surface area contributed by atoms with Crippen molar-refractivity contribution in [2.45, 2.75) is 25.5 Å². The summed E-state index contributed by atoms with van der Waals surface area (Å²) in [4.78, 5) is 49.2. The van der Waals surface area contributed by atoms with Gasteiger partial charge in [0.25, 0.3) is 11.1 Å². The molecule has 0 radical (unpaired) electrons. The van der Waals surface area contributed by atoms with Crippen LogP contribution in [0.4, 0.5) is 0 Å². The third kappa shape index (κ3) is 3.83. The molecule has 2 N–H and O–H groups in total. The fourth-order valence-corrected chi connectivity index (χ4v) is 3.03. The maximum absolute atomic E-state index is 12.4. The first kappa shape index (κ1) is 17.9. The fourth-order valence-electron chi connectivity index (χ4n) is 3.03. The molecule has 3 rings (SSSR count). The van der Waals surface area contributed by atoms with Gasteiger partial charge < -0.3 is 14.7 Å². The van der Waals surface area contributed by atoms with Crippen LogP contribution >= 0.6 is 0 Å². The number of H-pyrrole nitrogens is 1. The molecule has 0 saturated carbocycles. The van der Waals surface area contributed by atoms with Crippen LogP contribution in [0, 0.1) is 0 Å². The number of carbonyl (C=O) groups excluding carboxylic acids is 1. The molecule has 1 amide bonds. The standard InChI is InChI=1S/C17H19N3O6/c21-14(19-7-8-26-11(10-19)9-15(22)23)5-6-20-17(25)13-4-2-1-3-12(13)16(24)18-20/h1-4,11H,5-10H2,(H,18,24)(H,22,23). The number of aromatic nitrogens is 2. The number of aromatic amines is 1. The largest absolute Gasteiger partial charge is 0.481 e. The van der Waals surface area contributed by atoms with Crippen molar-refractivity contribution in [3.8, 4) is 0 Å². The van der Waals surface area contributed by atoms with E-state index >= 15 is 0 Å². The Morgan fingerprint density at radius 2 is 1.96 bits per heavy atom. The van der Waals surface area contributed by atoms with E-state index in [9.17, 15) is 19.2 Å². The number of nitrogens with one attached hydrogen (secondary N) is 1. The van der Waals surface area contributed by atoms with Gasteiger partial charge in [-0.15, -0.1) is 0 Å². The van der Waals surface area contributed by atoms with Crippen LogP contribution in [0.15, 0.2) is 33.9 Å². The van der Waals surface area contributed by atoms with Crippen molar-refractivity contribution in [2.24, 2.45) is 0 Å². The maximum Gasteiger partial charge on any atom is 0.306 e. The molecule has 1 aliphatic heterocycles. The Bertz CT molecular complexity index is 947. The second-order valence-electron chi connectivity index (χ2n) is 6.12. The number of benzene rings is 1. The molecule has 9 nitrogen and oxygen atoms in total. The minimum absolute atomic E-state index is 0.0218.